The van der Waals surface area contributed by atoms with Crippen LogP contribution in [0.2, 0.25) is 0 Å². The van der Waals surface area contributed by atoms with E-state index in [0.717, 1.165) is 22.3 Å². The lowest BCUT2D eigenvalue weighted by atomic mass is 9.97. The quantitative estimate of drug-likeness (QED) is 0.599. The minimum Gasteiger partial charge on any atom is -0.491 e. The van der Waals surface area contributed by atoms with Crippen LogP contribution in [0.15, 0.2) is 60.7 Å². The molecule has 0 aliphatic rings. The molecule has 2 N–H and O–H groups in total. The average Bonchev–Trinajstić information content (AvgIpc) is 2.81. The third kappa shape index (κ3) is 4.76. The van der Waals surface area contributed by atoms with E-state index in [9.17, 15) is 10.2 Å². The second-order valence-electron chi connectivity index (χ2n) is 6.37. The van der Waals surface area contributed by atoms with E-state index in [2.05, 4.69) is 12.1 Å². The predicted octanol–water partition coefficient (Wildman–Crippen LogP) is 3.51. The van der Waals surface area contributed by atoms with E-state index in [1.165, 1.54) is 0 Å². The summed E-state index contributed by atoms with van der Waals surface area (Å²) in [5, 5.41) is 36.5. The van der Waals surface area contributed by atoms with Crippen LogP contribution in [0.3, 0.4) is 0 Å². The average molecular weight is 400 g/mol. The fraction of sp³-hybridized carbons (Fsp3) is 0.167. The Morgan fingerprint density at radius 3 is 1.30 bits per heavy atom. The summed E-state index contributed by atoms with van der Waals surface area (Å²) < 4.78 is 11.6. The molecule has 0 radical (unpaired) electrons. The first kappa shape index (κ1) is 20.9. The molecular formula is C24H20N2O4. The molecule has 0 atom stereocenters. The summed E-state index contributed by atoms with van der Waals surface area (Å²) in [6.45, 7) is -0.0383. The highest BCUT2D eigenvalue weighted by Gasteiger charge is 2.16. The Balaban J connectivity index is 2.15. The van der Waals surface area contributed by atoms with Crippen LogP contribution in [0.25, 0.3) is 22.3 Å². The Morgan fingerprint density at radius 2 is 1.00 bits per heavy atom. The van der Waals surface area contributed by atoms with Gasteiger partial charge >= 0.3 is 0 Å². The van der Waals surface area contributed by atoms with Gasteiger partial charge in [-0.15, -0.1) is 0 Å². The Bertz CT molecular complexity index is 989. The van der Waals surface area contributed by atoms with Crippen molar-refractivity contribution < 1.29 is 19.7 Å². The number of aliphatic hydroxyl groups is 2. The molecule has 0 aliphatic carbocycles. The molecule has 0 aromatic heterocycles. The number of nitrogens with zero attached hydrogens (tertiary/aromatic N) is 2. The van der Waals surface area contributed by atoms with Gasteiger partial charge in [0.1, 0.15) is 24.7 Å². The van der Waals surface area contributed by atoms with Gasteiger partial charge in [-0.2, -0.15) is 10.5 Å². The lowest BCUT2D eigenvalue weighted by molar-refractivity contribution is 0.199. The van der Waals surface area contributed by atoms with Crippen LogP contribution < -0.4 is 9.47 Å². The number of benzene rings is 3. The SMILES string of the molecule is N#Cc1ccc(-c2cc(OCCO)c(-c3ccc(C#N)cc3)cc2OCCO)cc1. The molecule has 0 fully saturated rings. The molecule has 0 saturated carbocycles. The van der Waals surface area contributed by atoms with Gasteiger partial charge in [0, 0.05) is 11.1 Å². The van der Waals surface area contributed by atoms with Crippen LogP contribution >= 0.6 is 0 Å². The second-order valence-corrected chi connectivity index (χ2v) is 6.37. The molecule has 0 spiro atoms. The van der Waals surface area contributed by atoms with Crippen molar-refractivity contribution in [3.63, 3.8) is 0 Å². The Morgan fingerprint density at radius 1 is 0.633 bits per heavy atom. The van der Waals surface area contributed by atoms with Crippen molar-refractivity contribution in [2.75, 3.05) is 26.4 Å². The smallest absolute Gasteiger partial charge is 0.128 e. The lowest BCUT2D eigenvalue weighted by Crippen LogP contribution is -2.06. The molecule has 0 unspecified atom stereocenters. The minimum atomic E-state index is -0.137. The fourth-order valence-corrected chi connectivity index (χ4v) is 3.01. The van der Waals surface area contributed by atoms with E-state index in [4.69, 9.17) is 20.0 Å². The predicted molar refractivity (Wildman–Crippen MR) is 112 cm³/mol. The standard InChI is InChI=1S/C24H20N2O4/c25-15-17-1-5-19(6-2-17)21-13-24(30-12-10-28)22(14-23(21)29-11-9-27)20-7-3-18(16-26)4-8-20/h1-8,13-14,27-28H,9-12H2. The van der Waals surface area contributed by atoms with Crippen LogP contribution in [-0.2, 0) is 0 Å². The third-order valence-electron chi connectivity index (χ3n) is 4.43. The van der Waals surface area contributed by atoms with Crippen molar-refractivity contribution in [1.29, 1.82) is 10.5 Å². The first-order valence-corrected chi connectivity index (χ1v) is 9.36. The van der Waals surface area contributed by atoms with E-state index in [-0.39, 0.29) is 26.4 Å². The molecule has 0 saturated heterocycles. The summed E-state index contributed by atoms with van der Waals surface area (Å²) in [5.74, 6) is 1.09. The van der Waals surface area contributed by atoms with Crippen LogP contribution in [0.5, 0.6) is 11.5 Å². The maximum Gasteiger partial charge on any atom is 0.128 e. The van der Waals surface area contributed by atoms with E-state index < -0.39 is 0 Å². The zero-order valence-corrected chi connectivity index (χ0v) is 16.2. The number of aliphatic hydroxyl groups excluding tert-OH is 2. The first-order chi connectivity index (χ1) is 14.7. The van der Waals surface area contributed by atoms with Gasteiger partial charge in [0.25, 0.3) is 0 Å². The molecule has 0 heterocycles. The van der Waals surface area contributed by atoms with Gasteiger partial charge in [-0.25, -0.2) is 0 Å². The van der Waals surface area contributed by atoms with Gasteiger partial charge in [0.15, 0.2) is 0 Å². The lowest BCUT2D eigenvalue weighted by Gasteiger charge is -2.18. The molecule has 3 rings (SSSR count). The van der Waals surface area contributed by atoms with Gasteiger partial charge in [-0.3, -0.25) is 0 Å². The van der Waals surface area contributed by atoms with Crippen molar-refractivity contribution in [3.8, 4) is 45.9 Å². The summed E-state index contributed by atoms with van der Waals surface area (Å²) in [6.07, 6.45) is 0. The molecule has 0 aliphatic heterocycles. The van der Waals surface area contributed by atoms with E-state index in [0.29, 0.717) is 22.6 Å². The minimum absolute atomic E-state index is 0.118. The van der Waals surface area contributed by atoms with Gasteiger partial charge in [-0.05, 0) is 47.5 Å². The number of hydrogen-bond acceptors (Lipinski definition) is 6. The van der Waals surface area contributed by atoms with Crippen LogP contribution in [-0.4, -0.2) is 36.6 Å². The van der Waals surface area contributed by atoms with Gasteiger partial charge < -0.3 is 19.7 Å². The Labute approximate surface area is 174 Å². The van der Waals surface area contributed by atoms with Crippen molar-refractivity contribution in [1.82, 2.24) is 0 Å². The first-order valence-electron chi connectivity index (χ1n) is 9.36. The van der Waals surface area contributed by atoms with Crippen LogP contribution in [0.4, 0.5) is 0 Å². The number of nitriles is 2. The normalized spacial score (nSPS) is 10.1. The van der Waals surface area contributed by atoms with Crippen molar-refractivity contribution in [2.24, 2.45) is 0 Å². The van der Waals surface area contributed by atoms with Gasteiger partial charge in [-0.1, -0.05) is 24.3 Å². The largest absolute Gasteiger partial charge is 0.491 e. The second kappa shape index (κ2) is 10.1. The maximum absolute atomic E-state index is 9.23. The Kier molecular flexibility index (Phi) is 7.02. The van der Waals surface area contributed by atoms with Crippen molar-refractivity contribution in [2.45, 2.75) is 0 Å². The van der Waals surface area contributed by atoms with Crippen LogP contribution in [0, 0.1) is 22.7 Å². The molecule has 6 nitrogen and oxygen atoms in total. The number of ether oxygens (including phenoxy) is 2. The summed E-state index contributed by atoms with van der Waals surface area (Å²) in [4.78, 5) is 0. The highest BCUT2D eigenvalue weighted by Crippen LogP contribution is 2.41. The fourth-order valence-electron chi connectivity index (χ4n) is 3.01. The molecule has 0 bridgehead atoms. The number of rotatable bonds is 8. The molecular weight excluding hydrogens is 380 g/mol. The van der Waals surface area contributed by atoms with Crippen molar-refractivity contribution >= 4 is 0 Å². The monoisotopic (exact) mass is 400 g/mol. The maximum atomic E-state index is 9.23. The zero-order chi connectivity index (χ0) is 21.3. The van der Waals surface area contributed by atoms with Crippen LogP contribution in [0.1, 0.15) is 11.1 Å². The number of hydrogen-bond donors (Lipinski definition) is 2. The molecule has 3 aromatic rings. The molecule has 3 aromatic carbocycles. The topological polar surface area (TPSA) is 106 Å². The van der Waals surface area contributed by atoms with E-state index in [1.807, 2.05) is 36.4 Å². The highest BCUT2D eigenvalue weighted by molar-refractivity contribution is 5.81. The summed E-state index contributed by atoms with van der Waals surface area (Å²) in [6, 6.07) is 22.0. The summed E-state index contributed by atoms with van der Waals surface area (Å²) in [5.41, 5.74) is 4.20. The summed E-state index contributed by atoms with van der Waals surface area (Å²) in [7, 11) is 0. The van der Waals surface area contributed by atoms with Crippen molar-refractivity contribution in [3.05, 3.63) is 71.8 Å². The van der Waals surface area contributed by atoms with E-state index in [1.54, 1.807) is 24.3 Å². The Hall–Kier alpha value is -3.84. The third-order valence-corrected chi connectivity index (χ3v) is 4.43. The van der Waals surface area contributed by atoms with Gasteiger partial charge in [0.2, 0.25) is 0 Å². The molecule has 0 amide bonds. The highest BCUT2D eigenvalue weighted by atomic mass is 16.5. The molecule has 30 heavy (non-hydrogen) atoms. The van der Waals surface area contributed by atoms with E-state index >= 15 is 0 Å². The zero-order valence-electron chi connectivity index (χ0n) is 16.2. The molecule has 150 valence electrons. The summed E-state index contributed by atoms with van der Waals surface area (Å²) >= 11 is 0. The van der Waals surface area contributed by atoms with Gasteiger partial charge in [0.05, 0.1) is 36.5 Å². The molecule has 6 heteroatoms.